The van der Waals surface area contributed by atoms with Crippen molar-refractivity contribution in [2.75, 3.05) is 11.4 Å². The summed E-state index contributed by atoms with van der Waals surface area (Å²) in [6.45, 7) is 0.605. The summed E-state index contributed by atoms with van der Waals surface area (Å²) in [5, 5.41) is 3.28. The number of rotatable bonds is 4. The third-order valence-electron chi connectivity index (χ3n) is 4.02. The Morgan fingerprint density at radius 2 is 1.92 bits per heavy atom. The van der Waals surface area contributed by atoms with Crippen LogP contribution in [0, 0.1) is 11.7 Å². The van der Waals surface area contributed by atoms with Crippen LogP contribution in [0.25, 0.3) is 0 Å². The van der Waals surface area contributed by atoms with E-state index in [9.17, 15) is 14.0 Å². The number of nitrogens with zero attached hydrogens (tertiary/aromatic N) is 1. The van der Waals surface area contributed by atoms with Crippen LogP contribution in [0.3, 0.4) is 0 Å². The van der Waals surface area contributed by atoms with Crippen LogP contribution < -0.4 is 10.2 Å². The Kier molecular flexibility index (Phi) is 4.81. The molecule has 1 N–H and O–H groups in total. The summed E-state index contributed by atoms with van der Waals surface area (Å²) in [4.78, 5) is 26.0. The van der Waals surface area contributed by atoms with Gasteiger partial charge >= 0.3 is 0 Å². The maximum absolute atomic E-state index is 12.9. The molecule has 6 heteroatoms. The number of anilines is 1. The van der Waals surface area contributed by atoms with Gasteiger partial charge in [-0.05, 0) is 29.8 Å². The van der Waals surface area contributed by atoms with Crippen LogP contribution in [0.5, 0.6) is 0 Å². The number of halogens is 2. The van der Waals surface area contributed by atoms with Crippen molar-refractivity contribution in [3.05, 3.63) is 64.9 Å². The summed E-state index contributed by atoms with van der Waals surface area (Å²) in [5.74, 6) is -1.05. The molecule has 1 fully saturated rings. The lowest BCUT2D eigenvalue weighted by atomic mass is 10.1. The van der Waals surface area contributed by atoms with Crippen molar-refractivity contribution >= 4 is 29.1 Å². The molecule has 1 atom stereocenters. The number of hydrogen-bond acceptors (Lipinski definition) is 2. The highest BCUT2D eigenvalue weighted by Gasteiger charge is 2.35. The van der Waals surface area contributed by atoms with Gasteiger partial charge in [0.25, 0.3) is 0 Å². The number of nitrogens with one attached hydrogen (secondary N) is 1. The molecule has 2 aromatic rings. The molecule has 124 valence electrons. The molecular weight excluding hydrogens is 331 g/mol. The van der Waals surface area contributed by atoms with Crippen molar-refractivity contribution in [2.24, 2.45) is 5.92 Å². The molecule has 4 nitrogen and oxygen atoms in total. The van der Waals surface area contributed by atoms with Crippen molar-refractivity contribution in [3.63, 3.8) is 0 Å². The van der Waals surface area contributed by atoms with Crippen LogP contribution >= 0.6 is 11.6 Å². The summed E-state index contributed by atoms with van der Waals surface area (Å²) < 4.78 is 12.9. The zero-order valence-corrected chi connectivity index (χ0v) is 13.6. The fraction of sp³-hybridized carbons (Fsp3) is 0.222. The summed E-state index contributed by atoms with van der Waals surface area (Å²) >= 11 is 6.13. The molecule has 0 saturated carbocycles. The molecule has 1 aliphatic heterocycles. The molecule has 1 heterocycles. The smallest absolute Gasteiger partial charge is 0.227 e. The predicted octanol–water partition coefficient (Wildman–Crippen LogP) is 3.15. The Labute approximate surface area is 144 Å². The maximum atomic E-state index is 12.9. The van der Waals surface area contributed by atoms with E-state index < -0.39 is 5.92 Å². The van der Waals surface area contributed by atoms with Crippen molar-refractivity contribution in [1.82, 2.24) is 5.32 Å². The fourth-order valence-electron chi connectivity index (χ4n) is 2.72. The van der Waals surface area contributed by atoms with Gasteiger partial charge < -0.3 is 10.2 Å². The van der Waals surface area contributed by atoms with Crippen LogP contribution in [0.15, 0.2) is 48.5 Å². The van der Waals surface area contributed by atoms with Crippen LogP contribution in [0.4, 0.5) is 10.1 Å². The van der Waals surface area contributed by atoms with E-state index in [1.165, 1.54) is 12.1 Å². The van der Waals surface area contributed by atoms with E-state index in [1.807, 2.05) is 0 Å². The quantitative estimate of drug-likeness (QED) is 0.924. The molecule has 1 aliphatic rings. The second kappa shape index (κ2) is 7.01. The second-order valence-corrected chi connectivity index (χ2v) is 6.11. The second-order valence-electron chi connectivity index (χ2n) is 5.70. The number of amides is 2. The monoisotopic (exact) mass is 346 g/mol. The minimum Gasteiger partial charge on any atom is -0.352 e. The number of carbonyl (C=O) groups excluding carboxylic acids is 2. The van der Waals surface area contributed by atoms with Gasteiger partial charge in [0, 0.05) is 19.5 Å². The third-order valence-corrected chi connectivity index (χ3v) is 4.34. The molecule has 2 aromatic carbocycles. The van der Waals surface area contributed by atoms with E-state index in [0.29, 0.717) is 23.8 Å². The fourth-order valence-corrected chi connectivity index (χ4v) is 2.96. The minimum atomic E-state index is -0.422. The largest absolute Gasteiger partial charge is 0.352 e. The molecule has 0 aromatic heterocycles. The lowest BCUT2D eigenvalue weighted by Crippen LogP contribution is -2.32. The number of hydrogen-bond donors (Lipinski definition) is 1. The first-order valence-corrected chi connectivity index (χ1v) is 7.99. The predicted molar refractivity (Wildman–Crippen MR) is 90.2 cm³/mol. The van der Waals surface area contributed by atoms with Crippen molar-refractivity contribution < 1.29 is 14.0 Å². The molecule has 2 amide bonds. The van der Waals surface area contributed by atoms with E-state index in [1.54, 1.807) is 41.3 Å². The SMILES string of the molecule is O=C(NCc1ccc(F)cc1)[C@H]1CC(=O)N(c2ccccc2Cl)C1. The van der Waals surface area contributed by atoms with E-state index in [0.717, 1.165) is 5.56 Å². The maximum Gasteiger partial charge on any atom is 0.227 e. The molecule has 24 heavy (non-hydrogen) atoms. The molecule has 3 rings (SSSR count). The Bertz CT molecular complexity index is 764. The Morgan fingerprint density at radius 3 is 2.62 bits per heavy atom. The van der Waals surface area contributed by atoms with Crippen LogP contribution in [-0.2, 0) is 16.1 Å². The molecule has 0 aliphatic carbocycles. The number of benzene rings is 2. The molecular formula is C18H16ClFN2O2. The summed E-state index contributed by atoms with van der Waals surface area (Å²) in [7, 11) is 0. The van der Waals surface area contributed by atoms with E-state index >= 15 is 0 Å². The van der Waals surface area contributed by atoms with E-state index in [-0.39, 0.29) is 24.1 Å². The highest BCUT2D eigenvalue weighted by molar-refractivity contribution is 6.33. The van der Waals surface area contributed by atoms with Gasteiger partial charge in [0.1, 0.15) is 5.82 Å². The molecule has 1 saturated heterocycles. The minimum absolute atomic E-state index is 0.120. The highest BCUT2D eigenvalue weighted by atomic mass is 35.5. The van der Waals surface area contributed by atoms with Crippen LogP contribution in [-0.4, -0.2) is 18.4 Å². The summed E-state index contributed by atoms with van der Waals surface area (Å²) in [5.41, 5.74) is 1.43. The van der Waals surface area contributed by atoms with Crippen molar-refractivity contribution in [1.29, 1.82) is 0 Å². The standard InChI is InChI=1S/C18H16ClFN2O2/c19-15-3-1-2-4-16(15)22-11-13(9-17(22)23)18(24)21-10-12-5-7-14(20)8-6-12/h1-8,13H,9-11H2,(H,21,24)/t13-/m0/s1. The molecule has 0 bridgehead atoms. The Balaban J connectivity index is 1.62. The number of carbonyl (C=O) groups is 2. The van der Waals surface area contributed by atoms with Gasteiger partial charge in [0.05, 0.1) is 16.6 Å². The van der Waals surface area contributed by atoms with Gasteiger partial charge in [-0.15, -0.1) is 0 Å². The van der Waals surface area contributed by atoms with Crippen molar-refractivity contribution in [3.8, 4) is 0 Å². The normalized spacial score (nSPS) is 17.2. The zero-order valence-electron chi connectivity index (χ0n) is 12.8. The van der Waals surface area contributed by atoms with Crippen molar-refractivity contribution in [2.45, 2.75) is 13.0 Å². The Morgan fingerprint density at radius 1 is 1.21 bits per heavy atom. The first-order valence-electron chi connectivity index (χ1n) is 7.61. The summed E-state index contributed by atoms with van der Waals surface area (Å²) in [6.07, 6.45) is 0.153. The van der Waals surface area contributed by atoms with Gasteiger partial charge in [-0.3, -0.25) is 9.59 Å². The van der Waals surface area contributed by atoms with Gasteiger partial charge in [-0.2, -0.15) is 0 Å². The Hall–Kier alpha value is -2.40. The average molecular weight is 347 g/mol. The average Bonchev–Trinajstić information content (AvgIpc) is 2.96. The molecule has 0 spiro atoms. The van der Waals surface area contributed by atoms with Crippen LogP contribution in [0.2, 0.25) is 5.02 Å². The molecule has 0 unspecified atom stereocenters. The first-order chi connectivity index (χ1) is 11.5. The zero-order chi connectivity index (χ0) is 17.1. The topological polar surface area (TPSA) is 49.4 Å². The van der Waals surface area contributed by atoms with Gasteiger partial charge in [0.15, 0.2) is 0 Å². The van der Waals surface area contributed by atoms with Crippen LogP contribution in [0.1, 0.15) is 12.0 Å². The van der Waals surface area contributed by atoms with Gasteiger partial charge in [-0.1, -0.05) is 35.9 Å². The van der Waals surface area contributed by atoms with E-state index in [4.69, 9.17) is 11.6 Å². The van der Waals surface area contributed by atoms with Gasteiger partial charge in [0.2, 0.25) is 11.8 Å². The lowest BCUT2D eigenvalue weighted by molar-refractivity contribution is -0.126. The highest BCUT2D eigenvalue weighted by Crippen LogP contribution is 2.31. The van der Waals surface area contributed by atoms with Gasteiger partial charge in [-0.25, -0.2) is 4.39 Å². The summed E-state index contributed by atoms with van der Waals surface area (Å²) in [6, 6.07) is 13.0. The van der Waals surface area contributed by atoms with E-state index in [2.05, 4.69) is 5.32 Å². The lowest BCUT2D eigenvalue weighted by Gasteiger charge is -2.18. The molecule has 0 radical (unpaired) electrons. The third kappa shape index (κ3) is 3.57. The number of para-hydroxylation sites is 1. The first kappa shape index (κ1) is 16.5.